The Bertz CT molecular complexity index is 1310. The van der Waals surface area contributed by atoms with Crippen molar-refractivity contribution in [3.05, 3.63) is 90.4 Å². The van der Waals surface area contributed by atoms with Crippen molar-refractivity contribution in [2.24, 2.45) is 0 Å². The Morgan fingerprint density at radius 2 is 1.77 bits per heavy atom. The van der Waals surface area contributed by atoms with E-state index in [4.69, 9.17) is 0 Å². The van der Waals surface area contributed by atoms with Crippen molar-refractivity contribution < 1.29 is 17.6 Å². The maximum atomic E-state index is 13.3. The summed E-state index contributed by atoms with van der Waals surface area (Å²) in [5.41, 5.74) is 1.28. The van der Waals surface area contributed by atoms with Gasteiger partial charge < -0.3 is 5.32 Å². The Morgan fingerprint density at radius 3 is 2.52 bits per heavy atom. The van der Waals surface area contributed by atoms with Crippen molar-refractivity contribution in [3.8, 4) is 0 Å². The Hall–Kier alpha value is -3.14. The molecule has 1 amide bonds. The summed E-state index contributed by atoms with van der Waals surface area (Å²) in [5, 5.41) is 3.64. The first kappa shape index (κ1) is 21.1. The highest BCUT2D eigenvalue weighted by molar-refractivity contribution is 7.89. The second kappa shape index (κ2) is 8.93. The van der Waals surface area contributed by atoms with Crippen LogP contribution < -0.4 is 5.32 Å². The average Bonchev–Trinajstić information content (AvgIpc) is 3.22. The van der Waals surface area contributed by atoms with Crippen molar-refractivity contribution in [1.29, 1.82) is 0 Å². The first-order valence-corrected chi connectivity index (χ1v) is 11.6. The van der Waals surface area contributed by atoms with Crippen molar-refractivity contribution in [2.45, 2.75) is 11.4 Å². The SMILES string of the molecule is O=C(CN(Cc1ccccc1)S(=O)(=O)c1ccc(F)cc1)Nc1ccc2sncc2c1. The van der Waals surface area contributed by atoms with Gasteiger partial charge >= 0.3 is 0 Å². The number of carbonyl (C=O) groups excluding carboxylic acids is 1. The number of nitrogens with zero attached hydrogens (tertiary/aromatic N) is 2. The quantitative estimate of drug-likeness (QED) is 0.452. The molecule has 4 aromatic rings. The number of aromatic nitrogens is 1. The largest absolute Gasteiger partial charge is 0.325 e. The smallest absolute Gasteiger partial charge is 0.243 e. The lowest BCUT2D eigenvalue weighted by atomic mass is 10.2. The van der Waals surface area contributed by atoms with Crippen LogP contribution in [-0.4, -0.2) is 29.5 Å². The van der Waals surface area contributed by atoms with E-state index in [9.17, 15) is 17.6 Å². The molecule has 0 fully saturated rings. The van der Waals surface area contributed by atoms with Crippen molar-refractivity contribution >= 4 is 43.2 Å². The summed E-state index contributed by atoms with van der Waals surface area (Å²) in [7, 11) is -4.03. The van der Waals surface area contributed by atoms with Gasteiger partial charge in [0.2, 0.25) is 15.9 Å². The highest BCUT2D eigenvalue weighted by Crippen LogP contribution is 2.23. The van der Waals surface area contributed by atoms with Crippen LogP contribution in [-0.2, 0) is 21.4 Å². The summed E-state index contributed by atoms with van der Waals surface area (Å²) in [4.78, 5) is 12.6. The van der Waals surface area contributed by atoms with Gasteiger partial charge in [-0.3, -0.25) is 4.79 Å². The predicted molar refractivity (Wildman–Crippen MR) is 119 cm³/mol. The lowest BCUT2D eigenvalue weighted by Gasteiger charge is -2.22. The molecule has 1 N–H and O–H groups in total. The summed E-state index contributed by atoms with van der Waals surface area (Å²) in [6, 6.07) is 18.9. The Balaban J connectivity index is 1.58. The third-order valence-corrected chi connectivity index (χ3v) is 7.19. The topological polar surface area (TPSA) is 79.4 Å². The summed E-state index contributed by atoms with van der Waals surface area (Å²) in [6.07, 6.45) is 1.70. The zero-order chi connectivity index (χ0) is 21.8. The van der Waals surface area contributed by atoms with Crippen LogP contribution in [0.25, 0.3) is 10.1 Å². The van der Waals surface area contributed by atoms with E-state index < -0.39 is 28.3 Å². The molecular formula is C22H18FN3O3S2. The van der Waals surface area contributed by atoms with Crippen LogP contribution in [0.3, 0.4) is 0 Å². The molecule has 1 aromatic heterocycles. The van der Waals surface area contributed by atoms with Crippen LogP contribution in [0.4, 0.5) is 10.1 Å². The highest BCUT2D eigenvalue weighted by atomic mass is 32.2. The molecule has 1 heterocycles. The van der Waals surface area contributed by atoms with Gasteiger partial charge in [0.25, 0.3) is 0 Å². The number of hydrogen-bond donors (Lipinski definition) is 1. The molecular weight excluding hydrogens is 437 g/mol. The Morgan fingerprint density at radius 1 is 1.03 bits per heavy atom. The Kier molecular flexibility index (Phi) is 6.08. The second-order valence-electron chi connectivity index (χ2n) is 6.84. The number of hydrogen-bond acceptors (Lipinski definition) is 5. The van der Waals surface area contributed by atoms with Crippen LogP contribution in [0, 0.1) is 5.82 Å². The summed E-state index contributed by atoms with van der Waals surface area (Å²) < 4.78 is 45.8. The van der Waals surface area contributed by atoms with Crippen LogP contribution in [0.15, 0.2) is 83.9 Å². The van der Waals surface area contributed by atoms with Gasteiger partial charge in [-0.2, -0.15) is 8.68 Å². The fourth-order valence-corrected chi connectivity index (χ4v) is 5.09. The maximum Gasteiger partial charge on any atom is 0.243 e. The second-order valence-corrected chi connectivity index (χ2v) is 9.61. The minimum absolute atomic E-state index is 0.00144. The fraction of sp³-hybridized carbons (Fsp3) is 0.0909. The van der Waals surface area contributed by atoms with Crippen LogP contribution in [0.1, 0.15) is 5.56 Å². The minimum Gasteiger partial charge on any atom is -0.325 e. The fourth-order valence-electron chi connectivity index (χ4n) is 3.08. The molecule has 158 valence electrons. The summed E-state index contributed by atoms with van der Waals surface area (Å²) >= 11 is 1.35. The molecule has 0 atom stereocenters. The maximum absolute atomic E-state index is 13.3. The zero-order valence-electron chi connectivity index (χ0n) is 16.2. The van der Waals surface area contributed by atoms with E-state index in [1.165, 1.54) is 23.7 Å². The molecule has 0 radical (unpaired) electrons. The third kappa shape index (κ3) is 4.96. The van der Waals surface area contributed by atoms with Gasteiger partial charge in [0.15, 0.2) is 0 Å². The number of amides is 1. The number of sulfonamides is 1. The van der Waals surface area contributed by atoms with E-state index in [1.807, 2.05) is 12.1 Å². The van der Waals surface area contributed by atoms with Crippen LogP contribution in [0.5, 0.6) is 0 Å². The van der Waals surface area contributed by atoms with E-state index in [1.54, 1.807) is 42.6 Å². The van der Waals surface area contributed by atoms with Gasteiger partial charge in [-0.25, -0.2) is 12.8 Å². The molecule has 0 bridgehead atoms. The molecule has 4 rings (SSSR count). The standard InChI is InChI=1S/C22H18FN3O3S2/c23-18-6-9-20(10-7-18)31(28,29)26(14-16-4-2-1-3-5-16)15-22(27)25-19-8-11-21-17(12-19)13-24-30-21/h1-13H,14-15H2,(H,25,27). The molecule has 9 heteroatoms. The average molecular weight is 456 g/mol. The number of carbonyl (C=O) groups is 1. The van der Waals surface area contributed by atoms with Gasteiger partial charge in [-0.15, -0.1) is 0 Å². The van der Waals surface area contributed by atoms with Crippen molar-refractivity contribution in [1.82, 2.24) is 8.68 Å². The highest BCUT2D eigenvalue weighted by Gasteiger charge is 2.27. The van der Waals surface area contributed by atoms with E-state index in [2.05, 4.69) is 9.69 Å². The van der Waals surface area contributed by atoms with Crippen LogP contribution in [0.2, 0.25) is 0 Å². The predicted octanol–water partition coefficient (Wildman–Crippen LogP) is 4.27. The van der Waals surface area contributed by atoms with E-state index in [-0.39, 0.29) is 11.4 Å². The lowest BCUT2D eigenvalue weighted by molar-refractivity contribution is -0.116. The first-order valence-electron chi connectivity index (χ1n) is 9.36. The molecule has 0 spiro atoms. The third-order valence-electron chi connectivity index (χ3n) is 4.61. The van der Waals surface area contributed by atoms with Gasteiger partial charge in [0.05, 0.1) is 16.1 Å². The molecule has 6 nitrogen and oxygen atoms in total. The van der Waals surface area contributed by atoms with Gasteiger partial charge in [0, 0.05) is 23.8 Å². The monoisotopic (exact) mass is 455 g/mol. The lowest BCUT2D eigenvalue weighted by Crippen LogP contribution is -2.37. The molecule has 0 unspecified atom stereocenters. The summed E-state index contributed by atoms with van der Waals surface area (Å²) in [5.74, 6) is -1.02. The molecule has 0 saturated carbocycles. The molecule has 0 aliphatic heterocycles. The number of benzene rings is 3. The molecule has 0 aliphatic carbocycles. The first-order chi connectivity index (χ1) is 14.9. The normalized spacial score (nSPS) is 11.7. The van der Waals surface area contributed by atoms with Gasteiger partial charge in [-0.1, -0.05) is 30.3 Å². The van der Waals surface area contributed by atoms with E-state index in [0.717, 1.165) is 32.1 Å². The number of anilines is 1. The van der Waals surface area contributed by atoms with Gasteiger partial charge in [0.1, 0.15) is 5.82 Å². The summed E-state index contributed by atoms with van der Waals surface area (Å²) in [6.45, 7) is -0.393. The van der Waals surface area contributed by atoms with Gasteiger partial charge in [-0.05, 0) is 59.6 Å². The van der Waals surface area contributed by atoms with E-state index in [0.29, 0.717) is 5.69 Å². The van der Waals surface area contributed by atoms with Crippen molar-refractivity contribution in [3.63, 3.8) is 0 Å². The van der Waals surface area contributed by atoms with Crippen molar-refractivity contribution in [2.75, 3.05) is 11.9 Å². The number of nitrogens with one attached hydrogen (secondary N) is 1. The Labute approximate surface area is 183 Å². The minimum atomic E-state index is -4.03. The number of rotatable bonds is 7. The molecule has 31 heavy (non-hydrogen) atoms. The number of fused-ring (bicyclic) bond motifs is 1. The zero-order valence-corrected chi connectivity index (χ0v) is 17.9. The van der Waals surface area contributed by atoms with Crippen LogP contribution >= 0.6 is 11.5 Å². The number of halogens is 1. The molecule has 0 aliphatic rings. The molecule has 3 aromatic carbocycles. The van der Waals surface area contributed by atoms with E-state index >= 15 is 0 Å². The molecule has 0 saturated heterocycles.